The number of nitrogens with zero attached hydrogens (tertiary/aromatic N) is 2. The molecule has 1 aliphatic heterocycles. The zero-order valence-corrected chi connectivity index (χ0v) is 11.0. The van der Waals surface area contributed by atoms with Gasteiger partial charge in [0.2, 0.25) is 0 Å². The summed E-state index contributed by atoms with van der Waals surface area (Å²) in [7, 11) is 1.76. The van der Waals surface area contributed by atoms with Crippen LogP contribution in [0.15, 0.2) is 24.5 Å². The summed E-state index contributed by atoms with van der Waals surface area (Å²) >= 11 is 0. The minimum Gasteiger partial charge on any atom is -0.481 e. The van der Waals surface area contributed by atoms with Crippen LogP contribution in [0.2, 0.25) is 0 Å². The second kappa shape index (κ2) is 3.60. The lowest BCUT2D eigenvalue weighted by Crippen LogP contribution is -2.29. The maximum absolute atomic E-state index is 11.3. The van der Waals surface area contributed by atoms with Gasteiger partial charge >= 0.3 is 5.97 Å². The lowest BCUT2D eigenvalue weighted by molar-refractivity contribution is 0.0686. The summed E-state index contributed by atoms with van der Waals surface area (Å²) in [6.45, 7) is 3.85. The molecule has 5 heteroatoms. The Bertz CT molecular complexity index is 686. The van der Waals surface area contributed by atoms with Gasteiger partial charge in [-0.05, 0) is 26.0 Å². The number of ether oxygens (including phenoxy) is 1. The van der Waals surface area contributed by atoms with E-state index in [1.54, 1.807) is 30.1 Å². The molecule has 0 aliphatic carbocycles. The van der Waals surface area contributed by atoms with Crippen LogP contribution in [0.4, 0.5) is 0 Å². The normalized spacial score (nSPS) is 15.3. The van der Waals surface area contributed by atoms with Crippen LogP contribution in [0.25, 0.3) is 11.3 Å². The first-order valence-electron chi connectivity index (χ1n) is 5.98. The van der Waals surface area contributed by atoms with Gasteiger partial charge < -0.3 is 14.4 Å². The van der Waals surface area contributed by atoms with Gasteiger partial charge in [0.15, 0.2) is 0 Å². The first-order valence-corrected chi connectivity index (χ1v) is 5.98. The molecule has 0 saturated heterocycles. The van der Waals surface area contributed by atoms with Crippen LogP contribution in [0.3, 0.4) is 0 Å². The van der Waals surface area contributed by atoms with E-state index in [1.807, 2.05) is 19.9 Å². The molecule has 0 radical (unpaired) electrons. The van der Waals surface area contributed by atoms with Crippen LogP contribution >= 0.6 is 0 Å². The van der Waals surface area contributed by atoms with Crippen LogP contribution in [-0.4, -0.2) is 20.6 Å². The number of hydrogen-bond acceptors (Lipinski definition) is 3. The number of fused-ring (bicyclic) bond motifs is 3. The van der Waals surface area contributed by atoms with E-state index < -0.39 is 11.6 Å². The number of aromatic carboxylic acids is 1. The van der Waals surface area contributed by atoms with Crippen molar-refractivity contribution in [1.82, 2.24) is 9.55 Å². The fourth-order valence-electron chi connectivity index (χ4n) is 2.58. The lowest BCUT2D eigenvalue weighted by Gasteiger charge is -2.33. The first kappa shape index (κ1) is 11.8. The quantitative estimate of drug-likeness (QED) is 0.853. The van der Waals surface area contributed by atoms with Crippen molar-refractivity contribution in [3.8, 4) is 17.0 Å². The number of carboxylic acids is 1. The molecule has 3 heterocycles. The van der Waals surface area contributed by atoms with E-state index in [-0.39, 0.29) is 5.69 Å². The number of aromatic nitrogens is 2. The molecule has 0 aromatic carbocycles. The zero-order chi connectivity index (χ0) is 13.8. The average Bonchev–Trinajstić information content (AvgIpc) is 2.68. The largest absolute Gasteiger partial charge is 0.481 e. The van der Waals surface area contributed by atoms with Crippen molar-refractivity contribution in [2.24, 2.45) is 7.05 Å². The minimum absolute atomic E-state index is 0.256. The van der Waals surface area contributed by atoms with E-state index in [1.165, 1.54) is 0 Å². The highest BCUT2D eigenvalue weighted by Crippen LogP contribution is 2.45. The smallest absolute Gasteiger partial charge is 0.352 e. The molecule has 2 aromatic heterocycles. The predicted octanol–water partition coefficient (Wildman–Crippen LogP) is 2.41. The molecule has 0 spiro atoms. The van der Waals surface area contributed by atoms with E-state index in [2.05, 4.69) is 4.98 Å². The Morgan fingerprint density at radius 3 is 2.89 bits per heavy atom. The zero-order valence-electron chi connectivity index (χ0n) is 11.0. The number of hydrogen-bond donors (Lipinski definition) is 1. The summed E-state index contributed by atoms with van der Waals surface area (Å²) in [5.74, 6) is -0.263. The summed E-state index contributed by atoms with van der Waals surface area (Å²) in [6, 6.07) is 3.52. The Kier molecular flexibility index (Phi) is 2.23. The Labute approximate surface area is 110 Å². The van der Waals surface area contributed by atoms with Crippen molar-refractivity contribution < 1.29 is 14.6 Å². The highest BCUT2D eigenvalue weighted by Gasteiger charge is 2.36. The number of carboxylic acid groups (broad SMARTS) is 1. The number of carbonyl (C=O) groups is 1. The SMILES string of the molecule is Cn1c(C(=O)O)cc2c1-c1ccncc1OC2(C)C. The second-order valence-corrected chi connectivity index (χ2v) is 5.14. The van der Waals surface area contributed by atoms with Crippen molar-refractivity contribution in [1.29, 1.82) is 0 Å². The third-order valence-corrected chi connectivity index (χ3v) is 3.51. The molecule has 0 unspecified atom stereocenters. The minimum atomic E-state index is -0.941. The van der Waals surface area contributed by atoms with Crippen LogP contribution in [-0.2, 0) is 12.6 Å². The summed E-state index contributed by atoms with van der Waals surface area (Å²) < 4.78 is 7.62. The molecule has 0 fully saturated rings. The fraction of sp³-hybridized carbons (Fsp3) is 0.286. The molecule has 0 atom stereocenters. The maximum Gasteiger partial charge on any atom is 0.352 e. The van der Waals surface area contributed by atoms with Crippen LogP contribution in [0.1, 0.15) is 29.9 Å². The van der Waals surface area contributed by atoms with Gasteiger partial charge in [-0.3, -0.25) is 4.98 Å². The van der Waals surface area contributed by atoms with E-state index >= 15 is 0 Å². The molecule has 0 bridgehead atoms. The van der Waals surface area contributed by atoms with Crippen molar-refractivity contribution >= 4 is 5.97 Å². The van der Waals surface area contributed by atoms with Gasteiger partial charge in [-0.25, -0.2) is 4.79 Å². The second-order valence-electron chi connectivity index (χ2n) is 5.14. The summed E-state index contributed by atoms with van der Waals surface area (Å²) in [4.78, 5) is 15.3. The Balaban J connectivity index is 2.37. The van der Waals surface area contributed by atoms with Crippen LogP contribution < -0.4 is 4.74 Å². The summed E-state index contributed by atoms with van der Waals surface area (Å²) in [5, 5.41) is 9.26. The number of rotatable bonds is 1. The molecule has 3 rings (SSSR count). The van der Waals surface area contributed by atoms with Crippen molar-refractivity contribution in [3.63, 3.8) is 0 Å². The van der Waals surface area contributed by atoms with Gasteiger partial charge in [0.25, 0.3) is 0 Å². The lowest BCUT2D eigenvalue weighted by atomic mass is 9.92. The topological polar surface area (TPSA) is 64.4 Å². The molecule has 19 heavy (non-hydrogen) atoms. The molecule has 5 nitrogen and oxygen atoms in total. The van der Waals surface area contributed by atoms with Gasteiger partial charge in [0.1, 0.15) is 17.0 Å². The number of pyridine rings is 1. The molecule has 2 aromatic rings. The van der Waals surface area contributed by atoms with Gasteiger partial charge in [-0.15, -0.1) is 0 Å². The van der Waals surface area contributed by atoms with Gasteiger partial charge in [-0.2, -0.15) is 0 Å². The van der Waals surface area contributed by atoms with E-state index in [4.69, 9.17) is 4.74 Å². The van der Waals surface area contributed by atoms with Gasteiger partial charge in [0, 0.05) is 24.4 Å². The summed E-state index contributed by atoms with van der Waals surface area (Å²) in [6.07, 6.45) is 3.34. The average molecular weight is 258 g/mol. The highest BCUT2D eigenvalue weighted by molar-refractivity contribution is 5.89. The molecule has 0 saturated carbocycles. The molecule has 1 aliphatic rings. The summed E-state index contributed by atoms with van der Waals surface area (Å²) in [5.41, 5.74) is 2.32. The molecular formula is C14H14N2O3. The van der Waals surface area contributed by atoms with Crippen molar-refractivity contribution in [2.45, 2.75) is 19.4 Å². The first-order chi connectivity index (χ1) is 8.92. The standard InChI is InChI=1S/C14H14N2O3/c1-14(2)9-6-10(13(17)18)16(3)12(9)8-4-5-15-7-11(8)19-14/h4-7H,1-3H3,(H,17,18). The highest BCUT2D eigenvalue weighted by atomic mass is 16.5. The molecule has 98 valence electrons. The predicted molar refractivity (Wildman–Crippen MR) is 69.3 cm³/mol. The Morgan fingerprint density at radius 1 is 1.47 bits per heavy atom. The Hall–Kier alpha value is -2.30. The molecular weight excluding hydrogens is 244 g/mol. The van der Waals surface area contributed by atoms with Gasteiger partial charge in [-0.1, -0.05) is 0 Å². The van der Waals surface area contributed by atoms with Crippen LogP contribution in [0.5, 0.6) is 5.75 Å². The third-order valence-electron chi connectivity index (χ3n) is 3.51. The van der Waals surface area contributed by atoms with E-state index in [0.717, 1.165) is 16.8 Å². The van der Waals surface area contributed by atoms with E-state index in [9.17, 15) is 9.90 Å². The van der Waals surface area contributed by atoms with Crippen molar-refractivity contribution in [2.75, 3.05) is 0 Å². The van der Waals surface area contributed by atoms with Gasteiger partial charge in [0.05, 0.1) is 11.9 Å². The Morgan fingerprint density at radius 2 is 2.21 bits per heavy atom. The fourth-order valence-corrected chi connectivity index (χ4v) is 2.58. The molecule has 1 N–H and O–H groups in total. The van der Waals surface area contributed by atoms with Crippen LogP contribution in [0, 0.1) is 0 Å². The molecule has 0 amide bonds. The van der Waals surface area contributed by atoms with Crippen molar-refractivity contribution in [3.05, 3.63) is 35.8 Å². The monoisotopic (exact) mass is 258 g/mol. The van der Waals surface area contributed by atoms with E-state index in [0.29, 0.717) is 5.75 Å². The third kappa shape index (κ3) is 1.54. The maximum atomic E-state index is 11.3.